The number of benzene rings is 3. The van der Waals surface area contributed by atoms with Crippen molar-refractivity contribution in [2.24, 2.45) is 10.1 Å². The third-order valence-corrected chi connectivity index (χ3v) is 7.59. The van der Waals surface area contributed by atoms with Gasteiger partial charge >= 0.3 is 0 Å². The smallest absolute Gasteiger partial charge is 0.262 e. The highest BCUT2D eigenvalue weighted by Gasteiger charge is 2.39. The number of thioether (sulfide) groups is 1. The number of ether oxygens (including phenoxy) is 1. The Bertz CT molecular complexity index is 1390. The molecule has 2 aliphatic rings. The number of nitrogens with one attached hydrogen (secondary N) is 1. The number of aliphatic imine (C=N–C) groups is 1. The number of rotatable bonds is 6. The summed E-state index contributed by atoms with van der Waals surface area (Å²) >= 11 is 7.39. The number of nitrogens with zero attached hydrogens (tertiary/aromatic N) is 3. The van der Waals surface area contributed by atoms with Gasteiger partial charge in [0.05, 0.1) is 18.9 Å². The lowest BCUT2D eigenvalue weighted by molar-refractivity contribution is -0.121. The number of hydrogen-bond acceptors (Lipinski definition) is 6. The molecule has 2 heterocycles. The van der Waals surface area contributed by atoms with Crippen molar-refractivity contribution in [1.82, 2.24) is 5.01 Å². The van der Waals surface area contributed by atoms with E-state index < -0.39 is 5.25 Å². The van der Waals surface area contributed by atoms with Crippen LogP contribution in [0.4, 0.5) is 5.69 Å². The maximum absolute atomic E-state index is 12.8. The minimum absolute atomic E-state index is 0.00168. The van der Waals surface area contributed by atoms with E-state index in [1.807, 2.05) is 31.2 Å². The van der Waals surface area contributed by atoms with Crippen molar-refractivity contribution in [2.75, 3.05) is 12.4 Å². The van der Waals surface area contributed by atoms with Gasteiger partial charge in [0, 0.05) is 29.6 Å². The van der Waals surface area contributed by atoms with E-state index in [2.05, 4.69) is 34.6 Å². The van der Waals surface area contributed by atoms with Crippen LogP contribution >= 0.6 is 23.4 Å². The molecule has 3 aromatic rings. The fourth-order valence-electron chi connectivity index (χ4n) is 4.24. The van der Waals surface area contributed by atoms with E-state index in [4.69, 9.17) is 21.4 Å². The first-order valence-corrected chi connectivity index (χ1v) is 13.1. The van der Waals surface area contributed by atoms with Gasteiger partial charge in [-0.3, -0.25) is 9.59 Å². The Morgan fingerprint density at radius 2 is 1.89 bits per heavy atom. The molecule has 3 aromatic carbocycles. The molecule has 1 N–H and O–H groups in total. The molecule has 0 saturated heterocycles. The van der Waals surface area contributed by atoms with Crippen LogP contribution in [-0.4, -0.2) is 40.1 Å². The molecule has 0 radical (unpaired) electrons. The van der Waals surface area contributed by atoms with Gasteiger partial charge in [-0.1, -0.05) is 71.4 Å². The molecule has 9 heteroatoms. The fraction of sp³-hybridized carbons (Fsp3) is 0.214. The monoisotopic (exact) mass is 532 g/mol. The molecule has 5 rings (SSSR count). The second-order valence-electron chi connectivity index (χ2n) is 8.85. The first kappa shape index (κ1) is 25.0. The predicted molar refractivity (Wildman–Crippen MR) is 148 cm³/mol. The zero-order valence-electron chi connectivity index (χ0n) is 20.3. The molecule has 0 fully saturated rings. The predicted octanol–water partition coefficient (Wildman–Crippen LogP) is 5.83. The molecular formula is C28H25ClN4O3S. The Morgan fingerprint density at radius 1 is 1.14 bits per heavy atom. The van der Waals surface area contributed by atoms with Gasteiger partial charge in [0.15, 0.2) is 5.17 Å². The average molecular weight is 533 g/mol. The maximum atomic E-state index is 12.8. The Hall–Kier alpha value is -3.62. The van der Waals surface area contributed by atoms with Gasteiger partial charge in [-0.15, -0.1) is 0 Å². The van der Waals surface area contributed by atoms with Crippen LogP contribution in [0.5, 0.6) is 5.75 Å². The zero-order valence-corrected chi connectivity index (χ0v) is 21.9. The average Bonchev–Trinajstić information content (AvgIpc) is 3.49. The summed E-state index contributed by atoms with van der Waals surface area (Å²) in [7, 11) is 1.57. The minimum atomic E-state index is -0.620. The van der Waals surface area contributed by atoms with Gasteiger partial charge < -0.3 is 10.1 Å². The topological polar surface area (TPSA) is 83.4 Å². The number of amidine groups is 1. The van der Waals surface area contributed by atoms with Crippen LogP contribution in [0.15, 0.2) is 82.9 Å². The van der Waals surface area contributed by atoms with E-state index in [1.165, 1.54) is 17.3 Å². The van der Waals surface area contributed by atoms with E-state index in [9.17, 15) is 9.59 Å². The van der Waals surface area contributed by atoms with Crippen molar-refractivity contribution in [2.45, 2.75) is 31.1 Å². The molecule has 2 atom stereocenters. The Balaban J connectivity index is 1.34. The van der Waals surface area contributed by atoms with Gasteiger partial charge in [-0.2, -0.15) is 10.1 Å². The lowest BCUT2D eigenvalue weighted by Crippen LogP contribution is -2.25. The number of hydrogen-bond donors (Lipinski definition) is 1. The Kier molecular flexibility index (Phi) is 7.30. The molecular weight excluding hydrogens is 508 g/mol. The summed E-state index contributed by atoms with van der Waals surface area (Å²) in [5.41, 5.74) is 4.73. The van der Waals surface area contributed by atoms with E-state index in [1.54, 1.807) is 36.4 Å². The fourth-order valence-corrected chi connectivity index (χ4v) is 5.42. The Labute approximate surface area is 224 Å². The first-order valence-electron chi connectivity index (χ1n) is 11.8. The molecule has 7 nitrogen and oxygen atoms in total. The molecule has 0 saturated carbocycles. The molecule has 0 unspecified atom stereocenters. The quantitative estimate of drug-likeness (QED) is 0.431. The SMILES string of the molecule is COc1cccc(NC(=O)C[C@H]2SC(N3N=C(c4ccc(C)cc4)C[C@@H]3c3ccc(Cl)cc3)=NC2=O)c1. The number of aryl methyl sites for hydroxylation is 1. The zero-order chi connectivity index (χ0) is 25.9. The lowest BCUT2D eigenvalue weighted by atomic mass is 9.98. The van der Waals surface area contributed by atoms with E-state index in [-0.39, 0.29) is 24.3 Å². The standard InChI is InChI=1S/C28H25ClN4O3S/c1-17-6-8-18(9-7-17)23-15-24(19-10-12-20(29)13-11-19)33(32-23)28-31-27(35)25(37-28)16-26(34)30-21-4-3-5-22(14-21)36-2/h3-14,24-25H,15-16H2,1-2H3,(H,30,34)/t24-,25-/m1/s1. The van der Waals surface area contributed by atoms with E-state index in [0.29, 0.717) is 28.0 Å². The van der Waals surface area contributed by atoms with E-state index >= 15 is 0 Å². The molecule has 2 amide bonds. The van der Waals surface area contributed by atoms with Gasteiger partial charge in [0.25, 0.3) is 5.91 Å². The molecule has 188 valence electrons. The summed E-state index contributed by atoms with van der Waals surface area (Å²) in [5.74, 6) is 0.0314. The summed E-state index contributed by atoms with van der Waals surface area (Å²) < 4.78 is 5.20. The molecule has 37 heavy (non-hydrogen) atoms. The van der Waals surface area contributed by atoms with Crippen LogP contribution in [0.2, 0.25) is 5.02 Å². The highest BCUT2D eigenvalue weighted by molar-refractivity contribution is 8.15. The van der Waals surface area contributed by atoms with Crippen molar-refractivity contribution < 1.29 is 14.3 Å². The van der Waals surface area contributed by atoms with Gasteiger partial charge in [-0.05, 0) is 42.3 Å². The molecule has 2 aliphatic heterocycles. The largest absolute Gasteiger partial charge is 0.497 e. The van der Waals surface area contributed by atoms with Crippen LogP contribution < -0.4 is 10.1 Å². The van der Waals surface area contributed by atoms with Crippen LogP contribution in [0, 0.1) is 6.92 Å². The van der Waals surface area contributed by atoms with Crippen LogP contribution in [0.25, 0.3) is 0 Å². The number of anilines is 1. The summed E-state index contributed by atoms with van der Waals surface area (Å²) in [5, 5.41) is 10.0. The minimum Gasteiger partial charge on any atom is -0.497 e. The number of methoxy groups -OCH3 is 1. The van der Waals surface area contributed by atoms with Gasteiger partial charge in [0.2, 0.25) is 5.91 Å². The second-order valence-corrected chi connectivity index (χ2v) is 10.5. The summed E-state index contributed by atoms with van der Waals surface area (Å²) in [6, 6.07) is 22.8. The lowest BCUT2D eigenvalue weighted by Gasteiger charge is -2.23. The highest BCUT2D eigenvalue weighted by atomic mass is 35.5. The normalized spacial score (nSPS) is 19.0. The number of amides is 2. The number of carbonyl (C=O) groups excluding carboxylic acids is 2. The summed E-state index contributed by atoms with van der Waals surface area (Å²) in [4.78, 5) is 29.8. The number of carbonyl (C=O) groups is 2. The summed E-state index contributed by atoms with van der Waals surface area (Å²) in [6.45, 7) is 2.04. The van der Waals surface area contributed by atoms with Gasteiger partial charge in [-0.25, -0.2) is 5.01 Å². The van der Waals surface area contributed by atoms with Crippen LogP contribution in [0.1, 0.15) is 35.6 Å². The second kappa shape index (κ2) is 10.8. The highest BCUT2D eigenvalue weighted by Crippen LogP contribution is 2.39. The summed E-state index contributed by atoms with van der Waals surface area (Å²) in [6.07, 6.45) is 0.654. The van der Waals surface area contributed by atoms with Crippen molar-refractivity contribution in [1.29, 1.82) is 0 Å². The third kappa shape index (κ3) is 5.70. The third-order valence-electron chi connectivity index (χ3n) is 6.20. The van der Waals surface area contributed by atoms with Gasteiger partial charge in [0.1, 0.15) is 11.0 Å². The Morgan fingerprint density at radius 3 is 2.62 bits per heavy atom. The van der Waals surface area contributed by atoms with Crippen molar-refractivity contribution in [3.63, 3.8) is 0 Å². The molecule has 0 aromatic heterocycles. The molecule has 0 spiro atoms. The van der Waals surface area contributed by atoms with Crippen LogP contribution in [-0.2, 0) is 9.59 Å². The van der Waals surface area contributed by atoms with Crippen molar-refractivity contribution in [3.05, 3.63) is 94.5 Å². The van der Waals surface area contributed by atoms with E-state index in [0.717, 1.165) is 16.8 Å². The molecule has 0 aliphatic carbocycles. The molecule has 0 bridgehead atoms. The first-order chi connectivity index (χ1) is 17.9. The van der Waals surface area contributed by atoms with Crippen molar-refractivity contribution >= 4 is 51.7 Å². The number of halogens is 1. The number of hydrazone groups is 1. The maximum Gasteiger partial charge on any atom is 0.262 e. The van der Waals surface area contributed by atoms with Crippen molar-refractivity contribution in [3.8, 4) is 5.75 Å². The van der Waals surface area contributed by atoms with Crippen LogP contribution in [0.3, 0.4) is 0 Å².